The first-order chi connectivity index (χ1) is 7.97. The van der Waals surface area contributed by atoms with Gasteiger partial charge in [-0.3, -0.25) is 4.79 Å². The molecule has 1 heterocycles. The second-order valence-corrected chi connectivity index (χ2v) is 3.82. The summed E-state index contributed by atoms with van der Waals surface area (Å²) in [5.41, 5.74) is 1.17. The summed E-state index contributed by atoms with van der Waals surface area (Å²) in [4.78, 5) is 18.2. The van der Waals surface area contributed by atoms with Crippen LogP contribution in [0.5, 0.6) is 5.75 Å². The first-order valence-electron chi connectivity index (χ1n) is 5.05. The highest BCUT2D eigenvalue weighted by Crippen LogP contribution is 2.21. The van der Waals surface area contributed by atoms with Crippen LogP contribution in [0.15, 0.2) is 23.0 Å². The molecule has 5 heteroatoms. The van der Waals surface area contributed by atoms with Crippen LogP contribution in [0.2, 0.25) is 0 Å². The number of rotatable bonds is 1. The molecule has 0 unspecified atom stereocenters. The van der Waals surface area contributed by atoms with Crippen molar-refractivity contribution < 1.29 is 9.50 Å². The van der Waals surface area contributed by atoms with Gasteiger partial charge in [-0.05, 0) is 26.0 Å². The van der Waals surface area contributed by atoms with E-state index in [0.717, 1.165) is 6.07 Å². The van der Waals surface area contributed by atoms with Crippen LogP contribution in [0, 0.1) is 19.7 Å². The van der Waals surface area contributed by atoms with Gasteiger partial charge >= 0.3 is 0 Å². The third-order valence-electron chi connectivity index (χ3n) is 2.55. The van der Waals surface area contributed by atoms with Crippen LogP contribution in [0.4, 0.5) is 4.39 Å². The van der Waals surface area contributed by atoms with Crippen molar-refractivity contribution in [3.05, 3.63) is 45.6 Å². The van der Waals surface area contributed by atoms with Crippen LogP contribution in [0.1, 0.15) is 11.3 Å². The average molecular weight is 234 g/mol. The number of phenols is 1. The van der Waals surface area contributed by atoms with Crippen molar-refractivity contribution in [2.75, 3.05) is 0 Å². The molecule has 2 rings (SSSR count). The lowest BCUT2D eigenvalue weighted by atomic mass is 10.2. The first-order valence-corrected chi connectivity index (χ1v) is 5.05. The van der Waals surface area contributed by atoms with Crippen molar-refractivity contribution in [3.8, 4) is 17.1 Å². The number of aryl methyl sites for hydroxylation is 1. The van der Waals surface area contributed by atoms with Crippen LogP contribution >= 0.6 is 0 Å². The molecule has 0 fully saturated rings. The number of hydrogen-bond donors (Lipinski definition) is 2. The maximum atomic E-state index is 13.1. The second kappa shape index (κ2) is 4.01. The number of aromatic hydroxyl groups is 1. The summed E-state index contributed by atoms with van der Waals surface area (Å²) in [7, 11) is 0. The average Bonchev–Trinajstić information content (AvgIpc) is 2.23. The highest BCUT2D eigenvalue weighted by Gasteiger charge is 2.08. The van der Waals surface area contributed by atoms with Crippen LogP contribution in [0.25, 0.3) is 11.4 Å². The minimum absolute atomic E-state index is 0.208. The Hall–Kier alpha value is -2.17. The molecule has 0 aliphatic rings. The fourth-order valence-electron chi connectivity index (χ4n) is 1.49. The van der Waals surface area contributed by atoms with E-state index < -0.39 is 5.82 Å². The Bertz CT molecular complexity index is 615. The SMILES string of the molecule is Cc1nc(-c2cc(O)cc(F)c2)[nH]c(=O)c1C. The van der Waals surface area contributed by atoms with Gasteiger partial charge in [-0.1, -0.05) is 0 Å². The summed E-state index contributed by atoms with van der Waals surface area (Å²) in [5, 5.41) is 9.29. The largest absolute Gasteiger partial charge is 0.508 e. The molecular weight excluding hydrogens is 223 g/mol. The standard InChI is InChI=1S/C12H11FN2O2/c1-6-7(2)14-11(15-12(6)17)8-3-9(13)5-10(16)4-8/h3-5,16H,1-2H3,(H,14,15,17). The minimum Gasteiger partial charge on any atom is -0.508 e. The van der Waals surface area contributed by atoms with Gasteiger partial charge in [0.2, 0.25) is 0 Å². The second-order valence-electron chi connectivity index (χ2n) is 3.82. The Morgan fingerprint density at radius 3 is 2.59 bits per heavy atom. The molecule has 2 N–H and O–H groups in total. The molecule has 0 amide bonds. The number of benzene rings is 1. The van der Waals surface area contributed by atoms with Crippen LogP contribution < -0.4 is 5.56 Å². The summed E-state index contributed by atoms with van der Waals surface area (Å²) < 4.78 is 13.1. The van der Waals surface area contributed by atoms with E-state index >= 15 is 0 Å². The predicted octanol–water partition coefficient (Wildman–Crippen LogP) is 1.90. The minimum atomic E-state index is -0.583. The molecule has 0 atom stereocenters. The van der Waals surface area contributed by atoms with Gasteiger partial charge in [-0.2, -0.15) is 0 Å². The zero-order chi connectivity index (χ0) is 12.6. The summed E-state index contributed by atoms with van der Waals surface area (Å²) in [5.74, 6) is -0.547. The van der Waals surface area contributed by atoms with E-state index in [1.807, 2.05) is 0 Å². The molecule has 4 nitrogen and oxygen atoms in total. The molecule has 0 aliphatic heterocycles. The molecule has 17 heavy (non-hydrogen) atoms. The molecule has 2 aromatic rings. The highest BCUT2D eigenvalue weighted by atomic mass is 19.1. The normalized spacial score (nSPS) is 10.5. The molecule has 0 saturated carbocycles. The lowest BCUT2D eigenvalue weighted by Crippen LogP contribution is -2.14. The summed E-state index contributed by atoms with van der Waals surface area (Å²) >= 11 is 0. The highest BCUT2D eigenvalue weighted by molar-refractivity contribution is 5.57. The van der Waals surface area contributed by atoms with Crippen LogP contribution in [0.3, 0.4) is 0 Å². The van der Waals surface area contributed by atoms with Gasteiger partial charge < -0.3 is 10.1 Å². The van der Waals surface area contributed by atoms with E-state index in [-0.39, 0.29) is 17.1 Å². The van der Waals surface area contributed by atoms with Gasteiger partial charge in [0.25, 0.3) is 5.56 Å². The lowest BCUT2D eigenvalue weighted by molar-refractivity contribution is 0.469. The number of nitrogens with one attached hydrogen (secondary N) is 1. The quantitative estimate of drug-likeness (QED) is 0.792. The van der Waals surface area contributed by atoms with E-state index in [4.69, 9.17) is 0 Å². The zero-order valence-electron chi connectivity index (χ0n) is 9.41. The Labute approximate surface area is 96.8 Å². The van der Waals surface area contributed by atoms with E-state index in [2.05, 4.69) is 9.97 Å². The van der Waals surface area contributed by atoms with Gasteiger partial charge in [-0.25, -0.2) is 9.37 Å². The summed E-state index contributed by atoms with van der Waals surface area (Å²) in [6.45, 7) is 3.36. The molecule has 0 aliphatic carbocycles. The number of H-pyrrole nitrogens is 1. The number of aromatic amines is 1. The smallest absolute Gasteiger partial charge is 0.254 e. The van der Waals surface area contributed by atoms with Gasteiger partial charge in [0.1, 0.15) is 17.4 Å². The monoisotopic (exact) mass is 234 g/mol. The van der Waals surface area contributed by atoms with Crippen molar-refractivity contribution in [1.29, 1.82) is 0 Å². The third kappa shape index (κ3) is 2.18. The fourth-order valence-corrected chi connectivity index (χ4v) is 1.49. The third-order valence-corrected chi connectivity index (χ3v) is 2.55. The summed E-state index contributed by atoms with van der Waals surface area (Å²) in [6, 6.07) is 3.53. The molecule has 0 radical (unpaired) electrons. The maximum absolute atomic E-state index is 13.1. The molecule has 0 saturated heterocycles. The van der Waals surface area contributed by atoms with Crippen molar-refractivity contribution in [2.24, 2.45) is 0 Å². The van der Waals surface area contributed by atoms with Crippen molar-refractivity contribution in [3.63, 3.8) is 0 Å². The van der Waals surface area contributed by atoms with E-state index in [9.17, 15) is 14.3 Å². The fraction of sp³-hybridized carbons (Fsp3) is 0.167. The number of nitrogens with zero attached hydrogens (tertiary/aromatic N) is 1. The molecule has 1 aromatic heterocycles. The molecule has 0 bridgehead atoms. The van der Waals surface area contributed by atoms with E-state index in [1.165, 1.54) is 12.1 Å². The number of aromatic nitrogens is 2. The number of halogens is 1. The van der Waals surface area contributed by atoms with E-state index in [0.29, 0.717) is 16.8 Å². The Balaban J connectivity index is 2.65. The molecule has 88 valence electrons. The number of hydrogen-bond acceptors (Lipinski definition) is 3. The van der Waals surface area contributed by atoms with Gasteiger partial charge in [0.15, 0.2) is 0 Å². The summed E-state index contributed by atoms with van der Waals surface area (Å²) in [6.07, 6.45) is 0. The van der Waals surface area contributed by atoms with E-state index in [1.54, 1.807) is 13.8 Å². The lowest BCUT2D eigenvalue weighted by Gasteiger charge is -2.05. The van der Waals surface area contributed by atoms with Crippen LogP contribution in [-0.2, 0) is 0 Å². The topological polar surface area (TPSA) is 66.0 Å². The van der Waals surface area contributed by atoms with Crippen molar-refractivity contribution in [1.82, 2.24) is 9.97 Å². The number of phenolic OH excluding ortho intramolecular Hbond substituents is 1. The van der Waals surface area contributed by atoms with Gasteiger partial charge in [0.05, 0.1) is 0 Å². The first kappa shape index (κ1) is 11.3. The van der Waals surface area contributed by atoms with Gasteiger partial charge in [0, 0.05) is 22.9 Å². The molecule has 0 spiro atoms. The molecule has 1 aromatic carbocycles. The maximum Gasteiger partial charge on any atom is 0.254 e. The Kier molecular flexibility index (Phi) is 2.67. The van der Waals surface area contributed by atoms with Gasteiger partial charge in [-0.15, -0.1) is 0 Å². The van der Waals surface area contributed by atoms with Crippen molar-refractivity contribution >= 4 is 0 Å². The molecular formula is C12H11FN2O2. The van der Waals surface area contributed by atoms with Crippen LogP contribution in [-0.4, -0.2) is 15.1 Å². The predicted molar refractivity (Wildman–Crippen MR) is 61.4 cm³/mol. The Morgan fingerprint density at radius 1 is 1.29 bits per heavy atom. The Morgan fingerprint density at radius 2 is 2.00 bits per heavy atom. The zero-order valence-corrected chi connectivity index (χ0v) is 9.41. The van der Waals surface area contributed by atoms with Crippen molar-refractivity contribution in [2.45, 2.75) is 13.8 Å².